The van der Waals surface area contributed by atoms with E-state index >= 15 is 0 Å². The summed E-state index contributed by atoms with van der Waals surface area (Å²) in [5, 5.41) is 18.6. The first-order chi connectivity index (χ1) is 8.93. The number of ketones is 1. The van der Waals surface area contributed by atoms with Crippen molar-refractivity contribution in [3.63, 3.8) is 0 Å². The maximum atomic E-state index is 11.7. The van der Waals surface area contributed by atoms with Gasteiger partial charge in [0.25, 0.3) is 5.56 Å². The molecule has 0 radical (unpaired) electrons. The molecule has 3 N–H and O–H groups in total. The van der Waals surface area contributed by atoms with Crippen LogP contribution in [0.2, 0.25) is 0 Å². The minimum atomic E-state index is -0.908. The van der Waals surface area contributed by atoms with Crippen LogP contribution in [0, 0.1) is 0 Å². The van der Waals surface area contributed by atoms with Crippen molar-refractivity contribution in [1.82, 2.24) is 9.55 Å². The van der Waals surface area contributed by atoms with E-state index in [9.17, 15) is 19.5 Å². The van der Waals surface area contributed by atoms with Gasteiger partial charge in [-0.1, -0.05) is 0 Å². The van der Waals surface area contributed by atoms with Crippen molar-refractivity contribution in [2.24, 2.45) is 0 Å². The molecule has 1 fully saturated rings. The standard InChI is InChI=1S/C11H14N2O6/c1-5(15)6-3-13(11(18)12-10(6)17)9-2-7(16)8(4-14)19-9/h3,7-9,14,16H,2,4H2,1H3,(H,12,17,18)/t7?,8-,9-/m0/s1. The lowest BCUT2D eigenvalue weighted by Crippen LogP contribution is -2.35. The Morgan fingerprint density at radius 1 is 1.58 bits per heavy atom. The lowest BCUT2D eigenvalue weighted by atomic mass is 10.2. The molecule has 0 amide bonds. The summed E-state index contributed by atoms with van der Waals surface area (Å²) in [6.45, 7) is 0.829. The summed E-state index contributed by atoms with van der Waals surface area (Å²) >= 11 is 0. The van der Waals surface area contributed by atoms with E-state index in [-0.39, 0.29) is 18.6 Å². The molecule has 0 aromatic carbocycles. The molecule has 0 bridgehead atoms. The Morgan fingerprint density at radius 3 is 2.79 bits per heavy atom. The second-order valence-corrected chi connectivity index (χ2v) is 4.38. The first kappa shape index (κ1) is 13.7. The molecule has 1 aliphatic heterocycles. The maximum Gasteiger partial charge on any atom is 0.330 e. The maximum absolute atomic E-state index is 11.7. The number of carbonyl (C=O) groups is 1. The number of aromatic nitrogens is 2. The summed E-state index contributed by atoms with van der Waals surface area (Å²) in [5.41, 5.74) is -1.65. The van der Waals surface area contributed by atoms with E-state index in [0.29, 0.717) is 0 Å². The number of Topliss-reactive ketones (excluding diaryl/α,β-unsaturated/α-hetero) is 1. The van der Waals surface area contributed by atoms with Gasteiger partial charge in [-0.25, -0.2) is 4.79 Å². The highest BCUT2D eigenvalue weighted by molar-refractivity contribution is 5.93. The van der Waals surface area contributed by atoms with Gasteiger partial charge in [-0.15, -0.1) is 0 Å². The highest BCUT2D eigenvalue weighted by atomic mass is 16.5. The molecule has 1 aliphatic rings. The Bertz CT molecular complexity index is 604. The van der Waals surface area contributed by atoms with Crippen LogP contribution in [0.5, 0.6) is 0 Å². The molecular formula is C11H14N2O6. The Labute approximate surface area is 107 Å². The fraction of sp³-hybridized carbons (Fsp3) is 0.545. The zero-order chi connectivity index (χ0) is 14.2. The average Bonchev–Trinajstić information content (AvgIpc) is 2.69. The summed E-state index contributed by atoms with van der Waals surface area (Å²) in [6.07, 6.45) is -1.32. The van der Waals surface area contributed by atoms with Gasteiger partial charge in [0.1, 0.15) is 12.3 Å². The minimum Gasteiger partial charge on any atom is -0.394 e. The molecule has 0 spiro atoms. The van der Waals surface area contributed by atoms with Crippen molar-refractivity contribution in [3.05, 3.63) is 32.6 Å². The first-order valence-electron chi connectivity index (χ1n) is 5.74. The van der Waals surface area contributed by atoms with Gasteiger partial charge in [0.2, 0.25) is 0 Å². The first-order valence-corrected chi connectivity index (χ1v) is 5.74. The fourth-order valence-corrected chi connectivity index (χ4v) is 2.00. The molecule has 8 nitrogen and oxygen atoms in total. The van der Waals surface area contributed by atoms with Gasteiger partial charge < -0.3 is 14.9 Å². The Hall–Kier alpha value is -1.77. The number of hydrogen-bond donors (Lipinski definition) is 3. The third-order valence-corrected chi connectivity index (χ3v) is 3.04. The van der Waals surface area contributed by atoms with Crippen LogP contribution < -0.4 is 11.2 Å². The second kappa shape index (κ2) is 5.08. The predicted octanol–water partition coefficient (Wildman–Crippen LogP) is -1.62. The third kappa shape index (κ3) is 2.50. The topological polar surface area (TPSA) is 122 Å². The van der Waals surface area contributed by atoms with Gasteiger partial charge in [0, 0.05) is 12.6 Å². The number of hydrogen-bond acceptors (Lipinski definition) is 6. The van der Waals surface area contributed by atoms with Crippen LogP contribution in [-0.2, 0) is 4.74 Å². The molecule has 1 aromatic rings. The van der Waals surface area contributed by atoms with Crippen LogP contribution >= 0.6 is 0 Å². The molecular weight excluding hydrogens is 256 g/mol. The lowest BCUT2D eigenvalue weighted by Gasteiger charge is -2.14. The van der Waals surface area contributed by atoms with Crippen LogP contribution in [0.25, 0.3) is 0 Å². The normalized spacial score (nSPS) is 26.6. The summed E-state index contributed by atoms with van der Waals surface area (Å²) in [7, 11) is 0. The third-order valence-electron chi connectivity index (χ3n) is 3.04. The molecule has 1 unspecified atom stereocenters. The van der Waals surface area contributed by atoms with Crippen molar-refractivity contribution in [2.45, 2.75) is 31.8 Å². The molecule has 104 valence electrons. The highest BCUT2D eigenvalue weighted by Gasteiger charge is 2.35. The highest BCUT2D eigenvalue weighted by Crippen LogP contribution is 2.27. The number of nitrogens with zero attached hydrogens (tertiary/aromatic N) is 1. The molecule has 1 saturated heterocycles. The second-order valence-electron chi connectivity index (χ2n) is 4.38. The molecule has 2 rings (SSSR count). The van der Waals surface area contributed by atoms with Crippen LogP contribution in [0.1, 0.15) is 29.9 Å². The molecule has 0 saturated carbocycles. The van der Waals surface area contributed by atoms with Crippen LogP contribution in [0.4, 0.5) is 0 Å². The van der Waals surface area contributed by atoms with E-state index in [0.717, 1.165) is 10.8 Å². The lowest BCUT2D eigenvalue weighted by molar-refractivity contribution is -0.0459. The Morgan fingerprint density at radius 2 is 2.26 bits per heavy atom. The van der Waals surface area contributed by atoms with Crippen molar-refractivity contribution in [3.8, 4) is 0 Å². The summed E-state index contributed by atoms with van der Waals surface area (Å²) in [6, 6.07) is 0. The molecule has 8 heteroatoms. The van der Waals surface area contributed by atoms with Crippen molar-refractivity contribution < 1.29 is 19.7 Å². The molecule has 19 heavy (non-hydrogen) atoms. The van der Waals surface area contributed by atoms with E-state index in [4.69, 9.17) is 9.84 Å². The fourth-order valence-electron chi connectivity index (χ4n) is 2.00. The quantitative estimate of drug-likeness (QED) is 0.567. The van der Waals surface area contributed by atoms with Gasteiger partial charge in [0.05, 0.1) is 18.3 Å². The Kier molecular flexibility index (Phi) is 3.65. The predicted molar refractivity (Wildman–Crippen MR) is 62.9 cm³/mol. The minimum absolute atomic E-state index is 0.0918. The van der Waals surface area contributed by atoms with E-state index < -0.39 is 35.5 Å². The van der Waals surface area contributed by atoms with Gasteiger partial charge in [-0.05, 0) is 6.92 Å². The monoisotopic (exact) mass is 270 g/mol. The van der Waals surface area contributed by atoms with Crippen LogP contribution in [0.3, 0.4) is 0 Å². The van der Waals surface area contributed by atoms with E-state index in [1.165, 1.54) is 6.92 Å². The smallest absolute Gasteiger partial charge is 0.330 e. The number of aromatic amines is 1. The summed E-state index contributed by atoms with van der Waals surface area (Å²) in [4.78, 5) is 36.4. The van der Waals surface area contributed by atoms with Gasteiger partial charge >= 0.3 is 5.69 Å². The summed E-state index contributed by atoms with van der Waals surface area (Å²) < 4.78 is 6.33. The molecule has 2 heterocycles. The van der Waals surface area contributed by atoms with Gasteiger partial charge in [-0.2, -0.15) is 0 Å². The number of aliphatic hydroxyl groups is 2. The van der Waals surface area contributed by atoms with Crippen molar-refractivity contribution in [2.75, 3.05) is 6.61 Å². The van der Waals surface area contributed by atoms with Crippen molar-refractivity contribution in [1.29, 1.82) is 0 Å². The molecule has 3 atom stereocenters. The number of nitrogens with one attached hydrogen (secondary N) is 1. The van der Waals surface area contributed by atoms with E-state index in [1.807, 2.05) is 4.98 Å². The number of rotatable bonds is 3. The zero-order valence-electron chi connectivity index (χ0n) is 10.2. The number of aliphatic hydroxyl groups excluding tert-OH is 2. The average molecular weight is 270 g/mol. The molecule has 0 aliphatic carbocycles. The molecule has 1 aromatic heterocycles. The Balaban J connectivity index is 2.41. The van der Waals surface area contributed by atoms with Gasteiger partial charge in [-0.3, -0.25) is 19.1 Å². The van der Waals surface area contributed by atoms with E-state index in [2.05, 4.69) is 0 Å². The largest absolute Gasteiger partial charge is 0.394 e. The van der Waals surface area contributed by atoms with E-state index in [1.54, 1.807) is 0 Å². The number of H-pyrrole nitrogens is 1. The number of ether oxygens (including phenoxy) is 1. The zero-order valence-corrected chi connectivity index (χ0v) is 10.2. The SMILES string of the molecule is CC(=O)c1cn([C@@H]2CC(O)[C@H](CO)O2)c(=O)[nH]c1=O. The van der Waals surface area contributed by atoms with Crippen LogP contribution in [0.15, 0.2) is 15.8 Å². The van der Waals surface area contributed by atoms with Gasteiger partial charge in [0.15, 0.2) is 5.78 Å². The summed E-state index contributed by atoms with van der Waals surface area (Å²) in [5.74, 6) is -0.479. The van der Waals surface area contributed by atoms with Crippen LogP contribution in [-0.4, -0.2) is 44.4 Å². The number of carbonyl (C=O) groups excluding carboxylic acids is 1. The van der Waals surface area contributed by atoms with Crippen molar-refractivity contribution >= 4 is 5.78 Å².